The summed E-state index contributed by atoms with van der Waals surface area (Å²) in [6.07, 6.45) is 2.02. The normalized spacial score (nSPS) is 20.2. The summed E-state index contributed by atoms with van der Waals surface area (Å²) in [6, 6.07) is 4.84. The number of ether oxygens (including phenoxy) is 2. The van der Waals surface area contributed by atoms with E-state index in [9.17, 15) is 8.42 Å². The molecule has 0 aliphatic carbocycles. The maximum atomic E-state index is 11.7. The lowest BCUT2D eigenvalue weighted by Crippen LogP contribution is -2.13. The molecule has 1 atom stereocenters. The lowest BCUT2D eigenvalue weighted by molar-refractivity contribution is 0.0308. The molecule has 2 rings (SSSR count). The maximum Gasteiger partial charge on any atom is 0.175 e. The van der Waals surface area contributed by atoms with E-state index in [0.29, 0.717) is 23.8 Å². The van der Waals surface area contributed by atoms with Crippen molar-refractivity contribution in [2.45, 2.75) is 24.0 Å². The number of rotatable bonds is 4. The van der Waals surface area contributed by atoms with Gasteiger partial charge < -0.3 is 9.47 Å². The Balaban J connectivity index is 2.20. The molecule has 1 aliphatic heterocycles. The van der Waals surface area contributed by atoms with Gasteiger partial charge in [-0.1, -0.05) is 17.7 Å². The Kier molecular flexibility index (Phi) is 4.27. The van der Waals surface area contributed by atoms with Crippen molar-refractivity contribution in [3.8, 4) is 0 Å². The van der Waals surface area contributed by atoms with E-state index in [-0.39, 0.29) is 17.6 Å². The molecule has 6 heteroatoms. The van der Waals surface area contributed by atoms with E-state index in [0.717, 1.165) is 6.42 Å². The van der Waals surface area contributed by atoms with Crippen LogP contribution in [0.5, 0.6) is 0 Å². The first-order chi connectivity index (χ1) is 8.48. The van der Waals surface area contributed by atoms with Crippen LogP contribution in [0.4, 0.5) is 0 Å². The molecule has 4 nitrogen and oxygen atoms in total. The smallest absolute Gasteiger partial charge is 0.175 e. The topological polar surface area (TPSA) is 52.6 Å². The molecule has 0 bridgehead atoms. The average molecular weight is 291 g/mol. The van der Waals surface area contributed by atoms with Gasteiger partial charge in [0.25, 0.3) is 0 Å². The first kappa shape index (κ1) is 13.8. The van der Waals surface area contributed by atoms with Gasteiger partial charge in [0.15, 0.2) is 9.84 Å². The second-order valence-corrected chi connectivity index (χ2v) is 6.68. The summed E-state index contributed by atoms with van der Waals surface area (Å²) in [7, 11) is -3.30. The Morgan fingerprint density at radius 3 is 2.89 bits per heavy atom. The van der Waals surface area contributed by atoms with E-state index < -0.39 is 9.84 Å². The third-order valence-electron chi connectivity index (χ3n) is 2.83. The molecule has 0 radical (unpaired) electrons. The zero-order valence-corrected chi connectivity index (χ0v) is 11.6. The molecule has 100 valence electrons. The van der Waals surface area contributed by atoms with Crippen molar-refractivity contribution >= 4 is 21.4 Å². The highest BCUT2D eigenvalue weighted by Gasteiger charge is 2.20. The van der Waals surface area contributed by atoms with Crippen molar-refractivity contribution in [1.82, 2.24) is 0 Å². The van der Waals surface area contributed by atoms with Crippen molar-refractivity contribution in [2.75, 3.05) is 19.5 Å². The summed E-state index contributed by atoms with van der Waals surface area (Å²) in [5.74, 6) is 0. The van der Waals surface area contributed by atoms with Gasteiger partial charge in [-0.3, -0.25) is 0 Å². The van der Waals surface area contributed by atoms with E-state index in [1.54, 1.807) is 18.2 Å². The molecule has 1 saturated heterocycles. The highest BCUT2D eigenvalue weighted by molar-refractivity contribution is 7.90. The average Bonchev–Trinajstić information content (AvgIpc) is 2.78. The Labute approximate surface area is 112 Å². The molecular weight excluding hydrogens is 276 g/mol. The number of hydrogen-bond donors (Lipinski definition) is 0. The molecular formula is C12H15ClO4S. The molecule has 1 fully saturated rings. The van der Waals surface area contributed by atoms with Gasteiger partial charge in [-0.25, -0.2) is 8.42 Å². The molecule has 1 aromatic rings. The van der Waals surface area contributed by atoms with Crippen LogP contribution in [0.3, 0.4) is 0 Å². The number of halogens is 1. The quantitative estimate of drug-likeness (QED) is 0.852. The van der Waals surface area contributed by atoms with Crippen LogP contribution in [0.2, 0.25) is 5.02 Å². The third-order valence-corrected chi connectivity index (χ3v) is 4.36. The van der Waals surface area contributed by atoms with Gasteiger partial charge in [-0.15, -0.1) is 0 Å². The van der Waals surface area contributed by atoms with E-state index in [1.807, 2.05) is 0 Å². The van der Waals surface area contributed by atoms with Crippen molar-refractivity contribution in [3.05, 3.63) is 28.8 Å². The predicted molar refractivity (Wildman–Crippen MR) is 68.6 cm³/mol. The molecule has 1 heterocycles. The summed E-state index contributed by atoms with van der Waals surface area (Å²) >= 11 is 6.05. The van der Waals surface area contributed by atoms with Crippen LogP contribution in [0, 0.1) is 0 Å². The van der Waals surface area contributed by atoms with Gasteiger partial charge in [0, 0.05) is 23.4 Å². The predicted octanol–water partition coefficient (Wildman–Crippen LogP) is 2.05. The number of hydrogen-bond acceptors (Lipinski definition) is 4. The lowest BCUT2D eigenvalue weighted by atomic mass is 10.2. The minimum absolute atomic E-state index is 0.0219. The standard InChI is InChI=1S/C12H15ClO4S/c1-18(14,15)12-4-2-3-11(13)10(12)8-17-9-5-6-16-7-9/h2-4,9H,5-8H2,1H3. The molecule has 1 aliphatic rings. The van der Waals surface area contributed by atoms with Crippen LogP contribution in [-0.2, 0) is 25.9 Å². The van der Waals surface area contributed by atoms with Gasteiger partial charge >= 0.3 is 0 Å². The molecule has 0 saturated carbocycles. The molecule has 0 N–H and O–H groups in total. The summed E-state index contributed by atoms with van der Waals surface area (Å²) in [4.78, 5) is 0.230. The Morgan fingerprint density at radius 2 is 2.28 bits per heavy atom. The summed E-state index contributed by atoms with van der Waals surface area (Å²) in [5, 5.41) is 0.414. The minimum Gasteiger partial charge on any atom is -0.379 e. The summed E-state index contributed by atoms with van der Waals surface area (Å²) in [6.45, 7) is 1.43. The Bertz CT molecular complexity index is 521. The van der Waals surface area contributed by atoms with Crippen molar-refractivity contribution in [2.24, 2.45) is 0 Å². The second kappa shape index (κ2) is 5.57. The van der Waals surface area contributed by atoms with E-state index >= 15 is 0 Å². The highest BCUT2D eigenvalue weighted by atomic mass is 35.5. The van der Waals surface area contributed by atoms with Crippen LogP contribution in [0.25, 0.3) is 0 Å². The first-order valence-electron chi connectivity index (χ1n) is 5.65. The second-order valence-electron chi connectivity index (χ2n) is 4.29. The maximum absolute atomic E-state index is 11.7. The first-order valence-corrected chi connectivity index (χ1v) is 7.92. The summed E-state index contributed by atoms with van der Waals surface area (Å²) < 4.78 is 34.2. The molecule has 0 aromatic heterocycles. The van der Waals surface area contributed by atoms with Gasteiger partial charge in [0.05, 0.1) is 24.2 Å². The van der Waals surface area contributed by atoms with Crippen molar-refractivity contribution in [1.29, 1.82) is 0 Å². The zero-order valence-electron chi connectivity index (χ0n) is 10.1. The molecule has 0 amide bonds. The number of sulfone groups is 1. The summed E-state index contributed by atoms with van der Waals surface area (Å²) in [5.41, 5.74) is 0.522. The number of benzene rings is 1. The zero-order chi connectivity index (χ0) is 13.2. The Morgan fingerprint density at radius 1 is 1.50 bits per heavy atom. The van der Waals surface area contributed by atoms with Crippen molar-refractivity contribution in [3.63, 3.8) is 0 Å². The molecule has 18 heavy (non-hydrogen) atoms. The molecule has 1 unspecified atom stereocenters. The fourth-order valence-corrected chi connectivity index (χ4v) is 3.10. The van der Waals surface area contributed by atoms with Gasteiger partial charge in [-0.05, 0) is 18.6 Å². The van der Waals surface area contributed by atoms with E-state index in [1.165, 1.54) is 6.26 Å². The van der Waals surface area contributed by atoms with Gasteiger partial charge in [-0.2, -0.15) is 0 Å². The van der Waals surface area contributed by atoms with E-state index in [4.69, 9.17) is 21.1 Å². The Hall–Kier alpha value is -0.620. The fourth-order valence-electron chi connectivity index (χ4n) is 1.87. The minimum atomic E-state index is -3.30. The van der Waals surface area contributed by atoms with Gasteiger partial charge in [0.2, 0.25) is 0 Å². The van der Waals surface area contributed by atoms with Gasteiger partial charge in [0.1, 0.15) is 0 Å². The lowest BCUT2D eigenvalue weighted by Gasteiger charge is -2.13. The van der Waals surface area contributed by atoms with Crippen LogP contribution in [-0.4, -0.2) is 34.0 Å². The molecule has 0 spiro atoms. The van der Waals surface area contributed by atoms with Crippen LogP contribution < -0.4 is 0 Å². The van der Waals surface area contributed by atoms with E-state index in [2.05, 4.69) is 0 Å². The van der Waals surface area contributed by atoms with Crippen molar-refractivity contribution < 1.29 is 17.9 Å². The highest BCUT2D eigenvalue weighted by Crippen LogP contribution is 2.25. The fraction of sp³-hybridized carbons (Fsp3) is 0.500. The SMILES string of the molecule is CS(=O)(=O)c1cccc(Cl)c1COC1CCOC1. The largest absolute Gasteiger partial charge is 0.379 e. The van der Waals surface area contributed by atoms with Crippen LogP contribution >= 0.6 is 11.6 Å². The van der Waals surface area contributed by atoms with Crippen LogP contribution in [0.15, 0.2) is 23.1 Å². The third kappa shape index (κ3) is 3.23. The molecule has 1 aromatic carbocycles. The van der Waals surface area contributed by atoms with Crippen LogP contribution in [0.1, 0.15) is 12.0 Å². The monoisotopic (exact) mass is 290 g/mol.